The average molecular weight is 459 g/mol. The minimum Gasteiger partial charge on any atom is -0.458 e. The van der Waals surface area contributed by atoms with Gasteiger partial charge in [-0.2, -0.15) is 0 Å². The van der Waals surface area contributed by atoms with E-state index in [4.69, 9.17) is 4.74 Å². The molecule has 4 nitrogen and oxygen atoms in total. The van der Waals surface area contributed by atoms with E-state index in [1.54, 1.807) is 11.8 Å². The van der Waals surface area contributed by atoms with Gasteiger partial charge in [-0.15, -0.1) is 0 Å². The summed E-state index contributed by atoms with van der Waals surface area (Å²) in [5, 5.41) is 0.470. The molecule has 5 heteroatoms. The van der Waals surface area contributed by atoms with Crippen LogP contribution < -0.4 is 0 Å². The van der Waals surface area contributed by atoms with Gasteiger partial charge in [0.25, 0.3) is 0 Å². The molecule has 1 spiro atoms. The fourth-order valence-corrected chi connectivity index (χ4v) is 10.4. The molecule has 0 amide bonds. The maximum Gasteiger partial charge on any atom is 0.306 e. The standard InChI is InChI=1S/C27H38O4S/c1-6-22(30)32-20-14-17-13-18(28)7-10-25(17,4)19-8-11-26(5)24(23(19)20)15(2)16(3)27(26)12-9-21(29)31-27/h13,15-16,19-20,23-24H,6-12,14H2,1-5H3/t15?,16-,19?,20?,23?,24?,25-,26-,27-/m0/s1. The second-order valence-corrected chi connectivity index (χ2v) is 13.1. The molecular weight excluding hydrogens is 420 g/mol. The van der Waals surface area contributed by atoms with Crippen molar-refractivity contribution in [3.8, 4) is 0 Å². The van der Waals surface area contributed by atoms with Gasteiger partial charge >= 0.3 is 5.97 Å². The zero-order valence-corrected chi connectivity index (χ0v) is 21.1. The summed E-state index contributed by atoms with van der Waals surface area (Å²) >= 11 is 1.55. The molecule has 3 saturated carbocycles. The number of thioether (sulfide) groups is 1. The molecule has 0 aromatic rings. The number of esters is 1. The Balaban J connectivity index is 1.61. The minimum atomic E-state index is -0.358. The van der Waals surface area contributed by atoms with E-state index in [1.165, 1.54) is 5.57 Å². The zero-order chi connectivity index (χ0) is 23.1. The largest absolute Gasteiger partial charge is 0.458 e. The highest BCUT2D eigenvalue weighted by atomic mass is 32.2. The van der Waals surface area contributed by atoms with Gasteiger partial charge < -0.3 is 4.74 Å². The van der Waals surface area contributed by atoms with Crippen LogP contribution in [0, 0.1) is 40.4 Å². The molecule has 0 aromatic heterocycles. The summed E-state index contributed by atoms with van der Waals surface area (Å²) in [5.41, 5.74) is 0.940. The molecule has 5 unspecified atom stereocenters. The fraction of sp³-hybridized carbons (Fsp3) is 0.815. The Hall–Kier alpha value is -1.10. The lowest BCUT2D eigenvalue weighted by Crippen LogP contribution is -2.58. The molecule has 0 aromatic carbocycles. The molecule has 5 aliphatic rings. The van der Waals surface area contributed by atoms with Crippen molar-refractivity contribution in [2.75, 3.05) is 0 Å². The summed E-state index contributed by atoms with van der Waals surface area (Å²) in [5.74, 6) is 2.32. The molecule has 0 N–H and O–H groups in total. The van der Waals surface area contributed by atoms with Crippen molar-refractivity contribution in [2.45, 2.75) is 96.8 Å². The molecule has 4 fully saturated rings. The first-order valence-electron chi connectivity index (χ1n) is 12.7. The van der Waals surface area contributed by atoms with Gasteiger partial charge in [0.2, 0.25) is 0 Å². The van der Waals surface area contributed by atoms with Crippen LogP contribution in [0.4, 0.5) is 0 Å². The maximum atomic E-state index is 12.7. The highest BCUT2D eigenvalue weighted by Crippen LogP contribution is 2.73. The lowest BCUT2D eigenvalue weighted by Gasteiger charge is -2.61. The monoisotopic (exact) mass is 458 g/mol. The first-order valence-corrected chi connectivity index (χ1v) is 13.6. The van der Waals surface area contributed by atoms with Crippen LogP contribution in [0.25, 0.3) is 0 Å². The number of fused-ring (bicyclic) bond motifs is 6. The highest BCUT2D eigenvalue weighted by Gasteiger charge is 2.73. The SMILES string of the molecule is CCC(=O)SC1CC2=CC(=O)CC[C@]2(C)C2CC[C@@]3(C)C(C12)C(C)[C@H](C)[C@@]31CCC(=O)O1. The van der Waals surface area contributed by atoms with Gasteiger partial charge in [0, 0.05) is 29.9 Å². The number of carbonyl (C=O) groups is 3. The van der Waals surface area contributed by atoms with Crippen molar-refractivity contribution in [1.29, 1.82) is 0 Å². The predicted octanol–water partition coefficient (Wildman–Crippen LogP) is 5.73. The zero-order valence-electron chi connectivity index (χ0n) is 20.2. The molecule has 0 radical (unpaired) electrons. The Labute approximate surface area is 196 Å². The average Bonchev–Trinajstić information content (AvgIpc) is 3.23. The minimum absolute atomic E-state index is 0.0354. The first-order chi connectivity index (χ1) is 15.1. The molecule has 1 heterocycles. The molecule has 0 bridgehead atoms. The molecule has 5 rings (SSSR count). The predicted molar refractivity (Wildman–Crippen MR) is 126 cm³/mol. The van der Waals surface area contributed by atoms with Crippen LogP contribution in [-0.4, -0.2) is 27.7 Å². The maximum absolute atomic E-state index is 12.7. The van der Waals surface area contributed by atoms with E-state index in [-0.39, 0.29) is 38.5 Å². The number of ketones is 1. The van der Waals surface area contributed by atoms with E-state index >= 15 is 0 Å². The molecule has 4 aliphatic carbocycles. The molecule has 176 valence electrons. The van der Waals surface area contributed by atoms with Gasteiger partial charge in [0.15, 0.2) is 10.9 Å². The van der Waals surface area contributed by atoms with Crippen molar-refractivity contribution >= 4 is 28.6 Å². The van der Waals surface area contributed by atoms with Crippen molar-refractivity contribution in [1.82, 2.24) is 0 Å². The van der Waals surface area contributed by atoms with E-state index < -0.39 is 0 Å². The van der Waals surface area contributed by atoms with Gasteiger partial charge in [-0.1, -0.05) is 52.0 Å². The number of hydrogen-bond acceptors (Lipinski definition) is 5. The van der Waals surface area contributed by atoms with Crippen LogP contribution in [0.1, 0.15) is 86.0 Å². The topological polar surface area (TPSA) is 60.4 Å². The Morgan fingerprint density at radius 2 is 1.91 bits per heavy atom. The normalized spacial score (nSPS) is 49.8. The summed E-state index contributed by atoms with van der Waals surface area (Å²) in [7, 11) is 0. The molecule has 32 heavy (non-hydrogen) atoms. The van der Waals surface area contributed by atoms with Gasteiger partial charge in [-0.3, -0.25) is 14.4 Å². The molecule has 1 saturated heterocycles. The molecule has 9 atom stereocenters. The smallest absolute Gasteiger partial charge is 0.306 e. The van der Waals surface area contributed by atoms with E-state index in [0.29, 0.717) is 48.9 Å². The summed E-state index contributed by atoms with van der Waals surface area (Å²) in [6.45, 7) is 11.4. The van der Waals surface area contributed by atoms with Crippen molar-refractivity contribution in [3.05, 3.63) is 11.6 Å². The van der Waals surface area contributed by atoms with Gasteiger partial charge in [0.1, 0.15) is 5.60 Å². The Morgan fingerprint density at radius 3 is 2.56 bits per heavy atom. The third-order valence-electron chi connectivity index (χ3n) is 10.8. The number of hydrogen-bond donors (Lipinski definition) is 0. The Kier molecular flexibility index (Phi) is 5.28. The molecule has 1 aliphatic heterocycles. The van der Waals surface area contributed by atoms with Crippen LogP contribution in [-0.2, 0) is 19.1 Å². The third-order valence-corrected chi connectivity index (χ3v) is 12.2. The lowest BCUT2D eigenvalue weighted by molar-refractivity contribution is -0.173. The van der Waals surface area contributed by atoms with Crippen LogP contribution in [0.15, 0.2) is 11.6 Å². The number of rotatable bonds is 2. The summed E-state index contributed by atoms with van der Waals surface area (Å²) in [4.78, 5) is 37.4. The van der Waals surface area contributed by atoms with Gasteiger partial charge in [-0.05, 0) is 73.2 Å². The number of allylic oxidation sites excluding steroid dienone is 1. The van der Waals surface area contributed by atoms with Crippen LogP contribution in [0.3, 0.4) is 0 Å². The van der Waals surface area contributed by atoms with Crippen LogP contribution in [0.5, 0.6) is 0 Å². The Bertz CT molecular complexity index is 894. The fourth-order valence-electron chi connectivity index (χ4n) is 9.13. The van der Waals surface area contributed by atoms with E-state index in [2.05, 4.69) is 27.7 Å². The van der Waals surface area contributed by atoms with E-state index in [0.717, 1.165) is 32.1 Å². The van der Waals surface area contributed by atoms with Crippen molar-refractivity contribution in [2.24, 2.45) is 40.4 Å². The number of carbonyl (C=O) groups excluding carboxylic acids is 3. The van der Waals surface area contributed by atoms with Crippen molar-refractivity contribution in [3.63, 3.8) is 0 Å². The van der Waals surface area contributed by atoms with E-state index in [9.17, 15) is 14.4 Å². The van der Waals surface area contributed by atoms with Gasteiger partial charge in [0.05, 0.1) is 0 Å². The summed E-state index contributed by atoms with van der Waals surface area (Å²) in [6.07, 6.45) is 8.43. The van der Waals surface area contributed by atoms with Gasteiger partial charge in [-0.25, -0.2) is 0 Å². The summed E-state index contributed by atoms with van der Waals surface area (Å²) < 4.78 is 6.26. The first kappa shape index (κ1) is 22.7. The van der Waals surface area contributed by atoms with Crippen LogP contribution >= 0.6 is 11.8 Å². The number of ether oxygens (including phenoxy) is 1. The van der Waals surface area contributed by atoms with E-state index in [1.807, 2.05) is 13.0 Å². The quantitative estimate of drug-likeness (QED) is 0.494. The Morgan fingerprint density at radius 1 is 1.16 bits per heavy atom. The molecular formula is C27H38O4S. The van der Waals surface area contributed by atoms with Crippen LogP contribution in [0.2, 0.25) is 0 Å². The second-order valence-electron chi connectivity index (χ2n) is 11.8. The van der Waals surface area contributed by atoms with Crippen molar-refractivity contribution < 1.29 is 19.1 Å². The lowest BCUT2D eigenvalue weighted by atomic mass is 9.45. The second kappa shape index (κ2) is 7.45. The highest BCUT2D eigenvalue weighted by molar-refractivity contribution is 8.14. The third kappa shape index (κ3) is 2.85. The summed E-state index contributed by atoms with van der Waals surface area (Å²) in [6, 6.07) is 0.